The molecule has 2 aromatic carbocycles. The van der Waals surface area contributed by atoms with E-state index in [9.17, 15) is 4.79 Å². The number of nitrogens with one attached hydrogen (secondary N) is 1. The zero-order valence-corrected chi connectivity index (χ0v) is 27.8. The van der Waals surface area contributed by atoms with Gasteiger partial charge in [0.05, 0.1) is 54.0 Å². The molecule has 4 aromatic rings. The smallest absolute Gasteiger partial charge is 0.223 e. The topological polar surface area (TPSA) is 114 Å². The molecule has 11 heteroatoms. The van der Waals surface area contributed by atoms with Crippen LogP contribution in [0.1, 0.15) is 24.0 Å². The first-order valence-corrected chi connectivity index (χ1v) is 15.4. The van der Waals surface area contributed by atoms with Crippen LogP contribution in [0.2, 0.25) is 0 Å². The SMILES string of the molecule is COc1cc(-c2cc(CNC(=O)C3CCN(Cc4ccnc(-c5cc(OC)c(OC)c(OC)c5)c4)CC3)ccn2)cc(OC)c1OC. The highest BCUT2D eigenvalue weighted by Crippen LogP contribution is 2.42. The summed E-state index contributed by atoms with van der Waals surface area (Å²) in [6.07, 6.45) is 5.15. The summed E-state index contributed by atoms with van der Waals surface area (Å²) >= 11 is 0. The molecule has 1 saturated heterocycles. The number of piperidine rings is 1. The van der Waals surface area contributed by atoms with Gasteiger partial charge >= 0.3 is 0 Å². The number of aromatic nitrogens is 2. The molecule has 0 saturated carbocycles. The predicted octanol–water partition coefficient (Wildman–Crippen LogP) is 5.39. The summed E-state index contributed by atoms with van der Waals surface area (Å²) in [6, 6.07) is 15.5. The first-order chi connectivity index (χ1) is 22.9. The van der Waals surface area contributed by atoms with E-state index in [-0.39, 0.29) is 11.8 Å². The van der Waals surface area contributed by atoms with Crippen LogP contribution in [0, 0.1) is 5.92 Å². The molecular weight excluding hydrogens is 600 g/mol. The van der Waals surface area contributed by atoms with E-state index >= 15 is 0 Å². The van der Waals surface area contributed by atoms with Crippen molar-refractivity contribution < 1.29 is 33.2 Å². The monoisotopic (exact) mass is 642 g/mol. The van der Waals surface area contributed by atoms with Gasteiger partial charge in [-0.25, -0.2) is 0 Å². The van der Waals surface area contributed by atoms with Crippen LogP contribution >= 0.6 is 0 Å². The van der Waals surface area contributed by atoms with E-state index in [4.69, 9.17) is 28.4 Å². The van der Waals surface area contributed by atoms with Crippen molar-refractivity contribution in [3.05, 3.63) is 72.1 Å². The van der Waals surface area contributed by atoms with Crippen molar-refractivity contribution in [3.63, 3.8) is 0 Å². The molecule has 0 bridgehead atoms. The maximum atomic E-state index is 13.2. The Morgan fingerprint density at radius 2 is 1.13 bits per heavy atom. The van der Waals surface area contributed by atoms with Crippen molar-refractivity contribution in [1.29, 1.82) is 0 Å². The summed E-state index contributed by atoms with van der Waals surface area (Å²) in [4.78, 5) is 24.7. The minimum Gasteiger partial charge on any atom is -0.493 e. The lowest BCUT2D eigenvalue weighted by atomic mass is 9.95. The molecule has 1 N–H and O–H groups in total. The van der Waals surface area contributed by atoms with Gasteiger partial charge in [-0.1, -0.05) is 0 Å². The van der Waals surface area contributed by atoms with Gasteiger partial charge in [0.25, 0.3) is 0 Å². The van der Waals surface area contributed by atoms with Crippen LogP contribution in [0.15, 0.2) is 60.9 Å². The number of pyridine rings is 2. The highest BCUT2D eigenvalue weighted by Gasteiger charge is 2.25. The minimum absolute atomic E-state index is 0.0325. The fraction of sp³-hybridized carbons (Fsp3) is 0.361. The highest BCUT2D eigenvalue weighted by molar-refractivity contribution is 5.79. The van der Waals surface area contributed by atoms with Crippen molar-refractivity contribution in [3.8, 4) is 57.0 Å². The number of carbonyl (C=O) groups excluding carboxylic acids is 1. The van der Waals surface area contributed by atoms with Crippen LogP contribution in [0.4, 0.5) is 0 Å². The Balaban J connectivity index is 1.17. The van der Waals surface area contributed by atoms with Gasteiger partial charge in [-0.15, -0.1) is 0 Å². The van der Waals surface area contributed by atoms with Crippen molar-refractivity contribution >= 4 is 5.91 Å². The maximum absolute atomic E-state index is 13.2. The third kappa shape index (κ3) is 7.69. The summed E-state index contributed by atoms with van der Waals surface area (Å²) in [7, 11) is 9.52. The molecular formula is C36H42N4O7. The molecule has 0 unspecified atom stereocenters. The van der Waals surface area contributed by atoms with Crippen LogP contribution in [-0.4, -0.2) is 76.5 Å². The second-order valence-corrected chi connectivity index (χ2v) is 11.2. The van der Waals surface area contributed by atoms with Gasteiger partial charge in [0.2, 0.25) is 17.4 Å². The molecule has 0 atom stereocenters. The van der Waals surface area contributed by atoms with Crippen molar-refractivity contribution in [2.45, 2.75) is 25.9 Å². The Hall–Kier alpha value is -5.03. The normalized spacial score (nSPS) is 13.5. The lowest BCUT2D eigenvalue weighted by Gasteiger charge is -2.31. The average molecular weight is 643 g/mol. The van der Waals surface area contributed by atoms with E-state index in [1.54, 1.807) is 48.9 Å². The lowest BCUT2D eigenvalue weighted by molar-refractivity contribution is -0.126. The number of methoxy groups -OCH3 is 6. The van der Waals surface area contributed by atoms with Gasteiger partial charge in [-0.05, 0) is 85.6 Å². The largest absolute Gasteiger partial charge is 0.493 e. The number of ether oxygens (including phenoxy) is 6. The molecule has 1 aliphatic heterocycles. The summed E-state index contributed by atoms with van der Waals surface area (Å²) in [5, 5.41) is 3.14. The number of hydrogen-bond acceptors (Lipinski definition) is 10. The summed E-state index contributed by atoms with van der Waals surface area (Å²) in [5.41, 5.74) is 5.36. The highest BCUT2D eigenvalue weighted by atomic mass is 16.5. The third-order valence-corrected chi connectivity index (χ3v) is 8.40. The summed E-state index contributed by atoms with van der Waals surface area (Å²) in [5.74, 6) is 3.37. The molecule has 1 fully saturated rings. The zero-order chi connectivity index (χ0) is 33.3. The second kappa shape index (κ2) is 15.5. The molecule has 47 heavy (non-hydrogen) atoms. The predicted molar refractivity (Wildman–Crippen MR) is 179 cm³/mol. The van der Waals surface area contributed by atoms with Crippen LogP contribution in [-0.2, 0) is 17.9 Å². The van der Waals surface area contributed by atoms with Crippen molar-refractivity contribution in [2.75, 3.05) is 55.7 Å². The quantitative estimate of drug-likeness (QED) is 0.204. The molecule has 1 amide bonds. The average Bonchev–Trinajstić information content (AvgIpc) is 3.12. The van der Waals surface area contributed by atoms with Crippen LogP contribution in [0.3, 0.4) is 0 Å². The van der Waals surface area contributed by atoms with E-state index in [1.165, 1.54) is 0 Å². The van der Waals surface area contributed by atoms with E-state index < -0.39 is 0 Å². The van der Waals surface area contributed by atoms with Crippen LogP contribution < -0.4 is 33.7 Å². The number of nitrogens with zero attached hydrogens (tertiary/aromatic N) is 3. The molecule has 11 nitrogen and oxygen atoms in total. The van der Waals surface area contributed by atoms with E-state index in [0.29, 0.717) is 41.0 Å². The fourth-order valence-corrected chi connectivity index (χ4v) is 5.88. The third-order valence-electron chi connectivity index (χ3n) is 8.40. The molecule has 5 rings (SSSR count). The first-order valence-electron chi connectivity index (χ1n) is 15.4. The molecule has 248 valence electrons. The fourth-order valence-electron chi connectivity index (χ4n) is 5.88. The Morgan fingerprint density at radius 3 is 1.57 bits per heavy atom. The van der Waals surface area contributed by atoms with Crippen molar-refractivity contribution in [1.82, 2.24) is 20.2 Å². The van der Waals surface area contributed by atoms with Gasteiger partial charge in [-0.2, -0.15) is 0 Å². The van der Waals surface area contributed by atoms with Crippen LogP contribution in [0.5, 0.6) is 34.5 Å². The molecule has 2 aromatic heterocycles. The van der Waals surface area contributed by atoms with Gasteiger partial charge in [0.1, 0.15) is 0 Å². The molecule has 0 radical (unpaired) electrons. The standard InChI is InChI=1S/C36H42N4O7/c1-42-30-17-26(18-31(43-2)34(30)46-5)28-15-23(7-11-37-28)21-39-36(41)25-9-13-40(14-10-25)22-24-8-12-38-29(16-24)27-19-32(44-3)35(47-6)33(20-27)45-4/h7-8,11-12,15-20,25H,9-10,13-14,21-22H2,1-6H3,(H,39,41). The zero-order valence-electron chi connectivity index (χ0n) is 27.8. The molecule has 1 aliphatic rings. The Morgan fingerprint density at radius 1 is 0.681 bits per heavy atom. The number of carbonyl (C=O) groups is 1. The Labute approximate surface area is 275 Å². The van der Waals surface area contributed by atoms with Gasteiger partial charge < -0.3 is 33.7 Å². The Bertz CT molecular complexity index is 1640. The van der Waals surface area contributed by atoms with E-state index in [1.807, 2.05) is 48.7 Å². The molecule has 3 heterocycles. The van der Waals surface area contributed by atoms with Gasteiger partial charge in [0, 0.05) is 42.5 Å². The number of amides is 1. The number of rotatable bonds is 13. The van der Waals surface area contributed by atoms with Gasteiger partial charge in [0.15, 0.2) is 23.0 Å². The van der Waals surface area contributed by atoms with Crippen molar-refractivity contribution in [2.24, 2.45) is 5.92 Å². The summed E-state index contributed by atoms with van der Waals surface area (Å²) in [6.45, 7) is 2.86. The van der Waals surface area contributed by atoms with Gasteiger partial charge in [-0.3, -0.25) is 19.7 Å². The van der Waals surface area contributed by atoms with E-state index in [0.717, 1.165) is 66.1 Å². The second-order valence-electron chi connectivity index (χ2n) is 11.2. The van der Waals surface area contributed by atoms with Crippen LogP contribution in [0.25, 0.3) is 22.5 Å². The lowest BCUT2D eigenvalue weighted by Crippen LogP contribution is -2.40. The maximum Gasteiger partial charge on any atom is 0.223 e. The molecule has 0 aliphatic carbocycles. The first kappa shape index (κ1) is 33.3. The number of hydrogen-bond donors (Lipinski definition) is 1. The van der Waals surface area contributed by atoms with E-state index in [2.05, 4.69) is 26.3 Å². The number of likely N-dealkylation sites (tertiary alicyclic amines) is 1. The number of benzene rings is 2. The summed E-state index contributed by atoms with van der Waals surface area (Å²) < 4.78 is 32.9. The Kier molecular flexibility index (Phi) is 11.0. The minimum atomic E-state index is -0.0325. The molecule has 0 spiro atoms.